The zero-order chi connectivity index (χ0) is 13.9. The van der Waals surface area contributed by atoms with Crippen molar-refractivity contribution in [3.8, 4) is 0 Å². The minimum atomic E-state index is -0.0731. The van der Waals surface area contributed by atoms with Crippen molar-refractivity contribution in [1.82, 2.24) is 14.8 Å². The number of carbonyl (C=O) groups is 2. The highest BCUT2D eigenvalue weighted by Crippen LogP contribution is 2.15. The molecule has 1 N–H and O–H groups in total. The molecule has 1 aliphatic rings. The topological polar surface area (TPSA) is 54.3 Å². The fraction of sp³-hybridized carbons (Fsp3) is 0.333. The highest BCUT2D eigenvalue weighted by molar-refractivity contribution is 5.86. The number of carbonyl (C=O) groups excluding carboxylic acids is 2. The number of amides is 2. The van der Waals surface area contributed by atoms with Gasteiger partial charge in [-0.3, -0.25) is 9.59 Å². The molecule has 20 heavy (non-hydrogen) atoms. The standard InChI is InChI=1S/C15H17N3O2/c19-14-11-18(10-7-16-14)15(20)6-9-17-8-5-12-3-1-2-4-13(12)17/h1-5,8H,6-7,9-11H2,(H,16,19). The van der Waals surface area contributed by atoms with E-state index in [1.165, 1.54) is 5.39 Å². The Hall–Kier alpha value is -2.30. The van der Waals surface area contributed by atoms with Crippen molar-refractivity contribution in [2.24, 2.45) is 0 Å². The Morgan fingerprint density at radius 3 is 2.95 bits per heavy atom. The largest absolute Gasteiger partial charge is 0.353 e. The van der Waals surface area contributed by atoms with E-state index in [1.807, 2.05) is 30.5 Å². The fourth-order valence-corrected chi connectivity index (χ4v) is 2.56. The number of aromatic nitrogens is 1. The second kappa shape index (κ2) is 5.36. The summed E-state index contributed by atoms with van der Waals surface area (Å²) in [5, 5.41) is 3.90. The Kier molecular flexibility index (Phi) is 3.41. The minimum Gasteiger partial charge on any atom is -0.353 e. The van der Waals surface area contributed by atoms with Crippen LogP contribution in [0.15, 0.2) is 36.5 Å². The summed E-state index contributed by atoms with van der Waals surface area (Å²) in [4.78, 5) is 25.0. The average Bonchev–Trinajstić information content (AvgIpc) is 2.88. The number of benzene rings is 1. The summed E-state index contributed by atoms with van der Waals surface area (Å²) in [5.41, 5.74) is 1.14. The van der Waals surface area contributed by atoms with Crippen LogP contribution in [0.2, 0.25) is 0 Å². The van der Waals surface area contributed by atoms with Crippen LogP contribution in [0.4, 0.5) is 0 Å². The molecule has 0 atom stereocenters. The fourth-order valence-electron chi connectivity index (χ4n) is 2.56. The lowest BCUT2D eigenvalue weighted by molar-refractivity contribution is -0.138. The van der Waals surface area contributed by atoms with Crippen LogP contribution >= 0.6 is 0 Å². The molecule has 2 aromatic rings. The molecular weight excluding hydrogens is 254 g/mol. The van der Waals surface area contributed by atoms with Gasteiger partial charge in [-0.05, 0) is 17.5 Å². The zero-order valence-corrected chi connectivity index (χ0v) is 11.2. The summed E-state index contributed by atoms with van der Waals surface area (Å²) in [6.07, 6.45) is 2.42. The quantitative estimate of drug-likeness (QED) is 0.905. The van der Waals surface area contributed by atoms with Gasteiger partial charge in [0, 0.05) is 37.8 Å². The molecule has 1 saturated heterocycles. The van der Waals surface area contributed by atoms with E-state index < -0.39 is 0 Å². The molecule has 1 aromatic carbocycles. The van der Waals surface area contributed by atoms with E-state index >= 15 is 0 Å². The van der Waals surface area contributed by atoms with Crippen LogP contribution in [0.3, 0.4) is 0 Å². The Labute approximate surface area is 117 Å². The highest BCUT2D eigenvalue weighted by atomic mass is 16.2. The third-order valence-electron chi connectivity index (χ3n) is 3.64. The van der Waals surface area contributed by atoms with Crippen LogP contribution in [0.25, 0.3) is 10.9 Å². The van der Waals surface area contributed by atoms with Crippen molar-refractivity contribution in [1.29, 1.82) is 0 Å². The number of hydrogen-bond donors (Lipinski definition) is 1. The van der Waals surface area contributed by atoms with E-state index in [4.69, 9.17) is 0 Å². The van der Waals surface area contributed by atoms with E-state index in [0.717, 1.165) is 5.52 Å². The number of fused-ring (bicyclic) bond motifs is 1. The van der Waals surface area contributed by atoms with Crippen LogP contribution in [0, 0.1) is 0 Å². The van der Waals surface area contributed by atoms with Gasteiger partial charge in [0.05, 0.1) is 6.54 Å². The summed E-state index contributed by atoms with van der Waals surface area (Å²) in [7, 11) is 0. The first-order chi connectivity index (χ1) is 9.74. The summed E-state index contributed by atoms with van der Waals surface area (Å²) in [6.45, 7) is 1.99. The lowest BCUT2D eigenvalue weighted by Crippen LogP contribution is -2.50. The van der Waals surface area contributed by atoms with Gasteiger partial charge in [0.15, 0.2) is 0 Å². The van der Waals surface area contributed by atoms with Crippen LogP contribution in [-0.2, 0) is 16.1 Å². The van der Waals surface area contributed by atoms with E-state index in [-0.39, 0.29) is 18.4 Å². The number of nitrogens with zero attached hydrogens (tertiary/aromatic N) is 2. The van der Waals surface area contributed by atoms with Crippen LogP contribution < -0.4 is 5.32 Å². The first kappa shape index (κ1) is 12.7. The SMILES string of the molecule is O=C1CN(C(=O)CCn2ccc3ccccc32)CCN1. The molecule has 1 aromatic heterocycles. The third kappa shape index (κ3) is 2.52. The molecule has 0 radical (unpaired) electrons. The second-order valence-electron chi connectivity index (χ2n) is 4.98. The van der Waals surface area contributed by atoms with Crippen molar-refractivity contribution in [2.75, 3.05) is 19.6 Å². The molecule has 1 fully saturated rings. The third-order valence-corrected chi connectivity index (χ3v) is 3.64. The van der Waals surface area contributed by atoms with Gasteiger partial charge in [0.1, 0.15) is 0 Å². The van der Waals surface area contributed by atoms with Gasteiger partial charge in [-0.1, -0.05) is 18.2 Å². The van der Waals surface area contributed by atoms with E-state index in [1.54, 1.807) is 4.90 Å². The predicted octanol–water partition coefficient (Wildman–Crippen LogP) is 0.990. The molecule has 0 bridgehead atoms. The summed E-state index contributed by atoms with van der Waals surface area (Å²) < 4.78 is 2.08. The second-order valence-corrected chi connectivity index (χ2v) is 4.98. The van der Waals surface area contributed by atoms with Gasteiger partial charge in [-0.25, -0.2) is 0 Å². The number of nitrogens with one attached hydrogen (secondary N) is 1. The minimum absolute atomic E-state index is 0.0395. The van der Waals surface area contributed by atoms with Crippen LogP contribution in [0.5, 0.6) is 0 Å². The molecular formula is C15H17N3O2. The number of aryl methyl sites for hydroxylation is 1. The van der Waals surface area contributed by atoms with Gasteiger partial charge in [0.2, 0.25) is 11.8 Å². The number of para-hydroxylation sites is 1. The monoisotopic (exact) mass is 271 g/mol. The van der Waals surface area contributed by atoms with Crippen LogP contribution in [-0.4, -0.2) is 40.9 Å². The Balaban J connectivity index is 1.64. The molecule has 3 rings (SSSR count). The normalized spacial score (nSPS) is 15.4. The Bertz CT molecular complexity index is 647. The average molecular weight is 271 g/mol. The molecule has 0 saturated carbocycles. The van der Waals surface area contributed by atoms with Crippen molar-refractivity contribution in [3.05, 3.63) is 36.5 Å². The number of rotatable bonds is 3. The molecule has 1 aliphatic heterocycles. The zero-order valence-electron chi connectivity index (χ0n) is 11.2. The molecule has 5 heteroatoms. The first-order valence-corrected chi connectivity index (χ1v) is 6.82. The number of piperazine rings is 1. The maximum atomic E-state index is 12.1. The van der Waals surface area contributed by atoms with Gasteiger partial charge >= 0.3 is 0 Å². The molecule has 5 nitrogen and oxygen atoms in total. The van der Waals surface area contributed by atoms with Crippen molar-refractivity contribution < 1.29 is 9.59 Å². The molecule has 0 spiro atoms. The molecule has 2 heterocycles. The van der Waals surface area contributed by atoms with Gasteiger partial charge in [-0.15, -0.1) is 0 Å². The van der Waals surface area contributed by atoms with Crippen molar-refractivity contribution in [2.45, 2.75) is 13.0 Å². The molecule has 0 aliphatic carbocycles. The summed E-state index contributed by atoms with van der Waals surface area (Å²) in [6, 6.07) is 10.2. The van der Waals surface area contributed by atoms with Crippen molar-refractivity contribution >= 4 is 22.7 Å². The maximum absolute atomic E-state index is 12.1. The lowest BCUT2D eigenvalue weighted by Gasteiger charge is -2.26. The Morgan fingerprint density at radius 2 is 2.10 bits per heavy atom. The molecule has 104 valence electrons. The predicted molar refractivity (Wildman–Crippen MR) is 76.1 cm³/mol. The van der Waals surface area contributed by atoms with Gasteiger partial charge < -0.3 is 14.8 Å². The molecule has 0 unspecified atom stereocenters. The highest BCUT2D eigenvalue weighted by Gasteiger charge is 2.20. The number of hydrogen-bond acceptors (Lipinski definition) is 2. The summed E-state index contributed by atoms with van der Waals surface area (Å²) >= 11 is 0. The molecule has 2 amide bonds. The maximum Gasteiger partial charge on any atom is 0.239 e. The van der Waals surface area contributed by atoms with Crippen molar-refractivity contribution in [3.63, 3.8) is 0 Å². The summed E-state index contributed by atoms with van der Waals surface area (Å²) in [5.74, 6) is -0.0337. The first-order valence-electron chi connectivity index (χ1n) is 6.82. The van der Waals surface area contributed by atoms with E-state index in [0.29, 0.717) is 26.1 Å². The lowest BCUT2D eigenvalue weighted by atomic mass is 10.2. The smallest absolute Gasteiger partial charge is 0.239 e. The van der Waals surface area contributed by atoms with Gasteiger partial charge in [0.25, 0.3) is 0 Å². The van der Waals surface area contributed by atoms with Gasteiger partial charge in [-0.2, -0.15) is 0 Å². The Morgan fingerprint density at radius 1 is 1.25 bits per heavy atom. The van der Waals surface area contributed by atoms with E-state index in [2.05, 4.69) is 16.0 Å². The van der Waals surface area contributed by atoms with Crippen LogP contribution in [0.1, 0.15) is 6.42 Å². The van der Waals surface area contributed by atoms with E-state index in [9.17, 15) is 9.59 Å².